The lowest BCUT2D eigenvalue weighted by Gasteiger charge is -2.19. The number of carbonyl (C=O) groups excluding carboxylic acids is 2. The van der Waals surface area contributed by atoms with Crippen LogP contribution in [-0.2, 0) is 57.0 Å². The van der Waals surface area contributed by atoms with Gasteiger partial charge in [0.2, 0.25) is 5.91 Å². The molecule has 0 radical (unpaired) electrons. The zero-order valence-corrected chi connectivity index (χ0v) is 28.0. The van der Waals surface area contributed by atoms with Crippen LogP contribution in [0.2, 0.25) is 0 Å². The third kappa shape index (κ3) is 38.0. The highest BCUT2D eigenvalue weighted by molar-refractivity contribution is 5.80. The molecule has 0 aliphatic carbocycles. The number of carboxylic acids is 1. The van der Waals surface area contributed by atoms with Gasteiger partial charge in [0.25, 0.3) is 0 Å². The van der Waals surface area contributed by atoms with Gasteiger partial charge in [-0.2, -0.15) is 0 Å². The van der Waals surface area contributed by atoms with Crippen LogP contribution in [0.15, 0.2) is 0 Å². The van der Waals surface area contributed by atoms with Crippen LogP contribution in [0.25, 0.3) is 0 Å². The summed E-state index contributed by atoms with van der Waals surface area (Å²) in [4.78, 5) is 33.2. The first-order chi connectivity index (χ1) is 22.2. The molecule has 0 aromatic carbocycles. The maximum atomic E-state index is 11.5. The van der Waals surface area contributed by atoms with Gasteiger partial charge in [0.05, 0.1) is 119 Å². The molecule has 0 aromatic heterocycles. The van der Waals surface area contributed by atoms with Crippen molar-refractivity contribution in [3.8, 4) is 0 Å². The predicted molar refractivity (Wildman–Crippen MR) is 166 cm³/mol. The van der Waals surface area contributed by atoms with Gasteiger partial charge >= 0.3 is 12.1 Å². The summed E-state index contributed by atoms with van der Waals surface area (Å²) in [5.74, 6) is -1.26. The maximum absolute atomic E-state index is 11.5. The minimum absolute atomic E-state index is 0.0130. The molecule has 0 atom stereocenters. The zero-order chi connectivity index (χ0) is 34.0. The zero-order valence-electron chi connectivity index (χ0n) is 28.0. The minimum atomic E-state index is -0.985. The standard InChI is InChI=1S/C30H58N2O14/c1-30(2,3)46-29(36)32-8-10-38-12-14-40-16-18-42-20-22-44-24-26-45-25-23-43-21-19-41-17-15-39-13-11-37-9-4-7-31-27(33)5-6-28(34)35/h4-26H2,1-3H3,(H,31,33)(H,32,36)(H,34,35). The molecular weight excluding hydrogens is 612 g/mol. The molecule has 16 heteroatoms. The Morgan fingerprint density at radius 3 is 1.17 bits per heavy atom. The van der Waals surface area contributed by atoms with Crippen molar-refractivity contribution >= 4 is 18.0 Å². The van der Waals surface area contributed by atoms with Crippen LogP contribution < -0.4 is 10.6 Å². The number of carbonyl (C=O) groups is 3. The van der Waals surface area contributed by atoms with E-state index in [0.29, 0.717) is 138 Å². The highest BCUT2D eigenvalue weighted by Crippen LogP contribution is 2.06. The molecule has 0 rings (SSSR count). The number of ether oxygens (including phenoxy) is 10. The first kappa shape index (κ1) is 43.9. The number of carboxylic acid groups (broad SMARTS) is 1. The van der Waals surface area contributed by atoms with Crippen LogP contribution in [0.3, 0.4) is 0 Å². The lowest BCUT2D eigenvalue weighted by Crippen LogP contribution is -2.34. The summed E-state index contributed by atoms with van der Waals surface area (Å²) in [6.45, 7) is 14.5. The van der Waals surface area contributed by atoms with E-state index in [9.17, 15) is 14.4 Å². The minimum Gasteiger partial charge on any atom is -0.481 e. The Bertz CT molecular complexity index is 724. The number of amides is 2. The summed E-state index contributed by atoms with van der Waals surface area (Å²) < 4.78 is 54.0. The third-order valence-electron chi connectivity index (χ3n) is 5.24. The molecule has 0 aliphatic heterocycles. The van der Waals surface area contributed by atoms with Gasteiger partial charge in [-0.1, -0.05) is 0 Å². The van der Waals surface area contributed by atoms with E-state index in [1.165, 1.54) is 0 Å². The number of aliphatic carboxylic acids is 1. The molecule has 0 saturated heterocycles. The SMILES string of the molecule is CC(C)(C)OC(=O)NCCOCCOCCOCCOCCOCCOCCOCCOCCOCCCNC(=O)CCC(=O)O. The third-order valence-corrected chi connectivity index (χ3v) is 5.24. The van der Waals surface area contributed by atoms with Gasteiger partial charge in [-0.25, -0.2) is 4.79 Å². The van der Waals surface area contributed by atoms with Crippen molar-refractivity contribution in [2.24, 2.45) is 0 Å². The monoisotopic (exact) mass is 670 g/mol. The molecule has 0 fully saturated rings. The normalized spacial score (nSPS) is 11.5. The van der Waals surface area contributed by atoms with E-state index >= 15 is 0 Å². The van der Waals surface area contributed by atoms with Crippen LogP contribution in [0.5, 0.6) is 0 Å². The average Bonchev–Trinajstić information content (AvgIpc) is 2.99. The Hall–Kier alpha value is -2.15. The van der Waals surface area contributed by atoms with Crippen molar-refractivity contribution in [2.45, 2.75) is 45.6 Å². The summed E-state index contributed by atoms with van der Waals surface area (Å²) >= 11 is 0. The second-order valence-electron chi connectivity index (χ2n) is 10.5. The summed E-state index contributed by atoms with van der Waals surface area (Å²) in [6, 6.07) is 0. The van der Waals surface area contributed by atoms with Crippen LogP contribution in [0.1, 0.15) is 40.0 Å². The summed E-state index contributed by atoms with van der Waals surface area (Å²) in [7, 11) is 0. The largest absolute Gasteiger partial charge is 0.481 e. The van der Waals surface area contributed by atoms with Gasteiger partial charge in [0.15, 0.2) is 0 Å². The highest BCUT2D eigenvalue weighted by atomic mass is 16.6. The van der Waals surface area contributed by atoms with E-state index in [4.69, 9.17) is 52.5 Å². The van der Waals surface area contributed by atoms with Gasteiger partial charge in [0.1, 0.15) is 5.60 Å². The van der Waals surface area contributed by atoms with Gasteiger partial charge < -0.3 is 63.1 Å². The molecule has 0 heterocycles. The lowest BCUT2D eigenvalue weighted by molar-refractivity contribution is -0.138. The molecule has 0 unspecified atom stereocenters. The van der Waals surface area contributed by atoms with Crippen LogP contribution >= 0.6 is 0 Å². The topological polar surface area (TPSA) is 188 Å². The van der Waals surface area contributed by atoms with Gasteiger partial charge in [-0.3, -0.25) is 9.59 Å². The maximum Gasteiger partial charge on any atom is 0.407 e. The Kier molecular flexibility index (Phi) is 31.2. The molecule has 272 valence electrons. The average molecular weight is 671 g/mol. The molecule has 0 aromatic rings. The highest BCUT2D eigenvalue weighted by Gasteiger charge is 2.15. The molecule has 2 amide bonds. The summed E-state index contributed by atoms with van der Waals surface area (Å²) in [6.07, 6.45) is 0.00879. The van der Waals surface area contributed by atoms with Crippen LogP contribution in [0, 0.1) is 0 Å². The van der Waals surface area contributed by atoms with E-state index < -0.39 is 17.7 Å². The van der Waals surface area contributed by atoms with E-state index in [2.05, 4.69) is 10.6 Å². The summed E-state index contributed by atoms with van der Waals surface area (Å²) in [5, 5.41) is 13.8. The second kappa shape index (κ2) is 32.8. The van der Waals surface area contributed by atoms with Crippen molar-refractivity contribution in [1.29, 1.82) is 0 Å². The molecule has 46 heavy (non-hydrogen) atoms. The summed E-state index contributed by atoms with van der Waals surface area (Å²) in [5.41, 5.74) is -0.518. The fourth-order valence-corrected chi connectivity index (χ4v) is 3.11. The van der Waals surface area contributed by atoms with Crippen LogP contribution in [-0.4, -0.2) is 161 Å². The number of rotatable bonds is 34. The smallest absolute Gasteiger partial charge is 0.407 e. The predicted octanol–water partition coefficient (Wildman–Crippen LogP) is 1.03. The Morgan fingerprint density at radius 1 is 0.478 bits per heavy atom. The second-order valence-corrected chi connectivity index (χ2v) is 10.5. The molecule has 0 aliphatic rings. The molecule has 0 spiro atoms. The molecule has 3 N–H and O–H groups in total. The van der Waals surface area contributed by atoms with Gasteiger partial charge in [0, 0.05) is 26.1 Å². The quantitative estimate of drug-likeness (QED) is 0.0824. The van der Waals surface area contributed by atoms with Crippen molar-refractivity contribution in [3.05, 3.63) is 0 Å². The van der Waals surface area contributed by atoms with Gasteiger partial charge in [-0.05, 0) is 27.2 Å². The Morgan fingerprint density at radius 2 is 0.826 bits per heavy atom. The molecule has 16 nitrogen and oxygen atoms in total. The van der Waals surface area contributed by atoms with E-state index in [-0.39, 0.29) is 18.7 Å². The molecular formula is C30H58N2O14. The Labute approximate surface area is 273 Å². The lowest BCUT2D eigenvalue weighted by atomic mass is 10.2. The Balaban J connectivity index is 3.13. The molecule has 0 bridgehead atoms. The number of hydrogen-bond acceptors (Lipinski definition) is 13. The van der Waals surface area contributed by atoms with Crippen molar-refractivity contribution in [2.75, 3.05) is 132 Å². The van der Waals surface area contributed by atoms with E-state index in [1.54, 1.807) is 0 Å². The van der Waals surface area contributed by atoms with E-state index in [0.717, 1.165) is 0 Å². The first-order valence-corrected chi connectivity index (χ1v) is 15.9. The van der Waals surface area contributed by atoms with Gasteiger partial charge in [-0.15, -0.1) is 0 Å². The fraction of sp³-hybridized carbons (Fsp3) is 0.900. The molecule has 0 saturated carbocycles. The van der Waals surface area contributed by atoms with Crippen LogP contribution in [0.4, 0.5) is 4.79 Å². The number of nitrogens with one attached hydrogen (secondary N) is 2. The number of hydrogen-bond donors (Lipinski definition) is 3. The van der Waals surface area contributed by atoms with E-state index in [1.807, 2.05) is 20.8 Å². The first-order valence-electron chi connectivity index (χ1n) is 15.9. The van der Waals surface area contributed by atoms with Crippen molar-refractivity contribution in [1.82, 2.24) is 10.6 Å². The van der Waals surface area contributed by atoms with Crippen molar-refractivity contribution in [3.63, 3.8) is 0 Å². The van der Waals surface area contributed by atoms with Crippen molar-refractivity contribution < 1.29 is 66.9 Å². The number of alkyl carbamates (subject to hydrolysis) is 1. The fourth-order valence-electron chi connectivity index (χ4n) is 3.11.